The number of hydrogen-bond acceptors (Lipinski definition) is 3. The van der Waals surface area contributed by atoms with Crippen molar-refractivity contribution in [2.24, 2.45) is 4.99 Å². The lowest BCUT2D eigenvalue weighted by atomic mass is 10.00. The largest absolute Gasteiger partial charge is 0.356 e. The van der Waals surface area contributed by atoms with Gasteiger partial charge in [0.05, 0.1) is 0 Å². The van der Waals surface area contributed by atoms with E-state index in [0.29, 0.717) is 0 Å². The molecule has 2 aromatic rings. The first-order chi connectivity index (χ1) is 12.3. The number of hydrogen-bond donors (Lipinski definition) is 2. The number of aryl methyl sites for hydroxylation is 1. The normalized spacial score (nSPS) is 15.0. The lowest BCUT2D eigenvalue weighted by molar-refractivity contribution is 0.258. The van der Waals surface area contributed by atoms with Crippen LogP contribution in [0.15, 0.2) is 47.7 Å². The molecule has 134 valence electrons. The standard InChI is InChI=1S/C19H28N6/c1-20-19(21-9-4-12-25-13-5-10-23-25)22-11-15-24-14-8-17-6-2-3-7-18(17)16-24/h2-3,5-7,10,13H,4,8-9,11-12,14-16H2,1H3,(H2,20,21,22). The van der Waals surface area contributed by atoms with Crippen LogP contribution in [-0.2, 0) is 19.5 Å². The molecular weight excluding hydrogens is 312 g/mol. The maximum atomic E-state index is 4.29. The Morgan fingerprint density at radius 1 is 1.12 bits per heavy atom. The molecule has 2 heterocycles. The zero-order valence-electron chi connectivity index (χ0n) is 15.0. The smallest absolute Gasteiger partial charge is 0.191 e. The molecule has 0 bridgehead atoms. The quantitative estimate of drug-likeness (QED) is 0.456. The molecule has 2 N–H and O–H groups in total. The first kappa shape index (κ1) is 17.5. The van der Waals surface area contributed by atoms with Crippen molar-refractivity contribution in [1.82, 2.24) is 25.3 Å². The molecule has 0 saturated heterocycles. The second-order valence-corrected chi connectivity index (χ2v) is 6.34. The summed E-state index contributed by atoms with van der Waals surface area (Å²) in [7, 11) is 1.82. The summed E-state index contributed by atoms with van der Waals surface area (Å²) in [6, 6.07) is 10.7. The summed E-state index contributed by atoms with van der Waals surface area (Å²) < 4.78 is 1.95. The van der Waals surface area contributed by atoms with Crippen molar-refractivity contribution in [3.63, 3.8) is 0 Å². The maximum Gasteiger partial charge on any atom is 0.191 e. The molecular formula is C19H28N6. The summed E-state index contributed by atoms with van der Waals surface area (Å²) in [6.45, 7) is 5.92. The van der Waals surface area contributed by atoms with E-state index in [2.05, 4.69) is 49.9 Å². The minimum Gasteiger partial charge on any atom is -0.356 e. The highest BCUT2D eigenvalue weighted by Crippen LogP contribution is 2.17. The molecule has 0 fully saturated rings. The van der Waals surface area contributed by atoms with Crippen LogP contribution in [-0.4, -0.2) is 53.9 Å². The van der Waals surface area contributed by atoms with Gasteiger partial charge in [-0.25, -0.2) is 0 Å². The molecule has 0 spiro atoms. The Labute approximate surface area is 149 Å². The van der Waals surface area contributed by atoms with Crippen LogP contribution in [0.4, 0.5) is 0 Å². The van der Waals surface area contributed by atoms with Gasteiger partial charge in [0.25, 0.3) is 0 Å². The SMILES string of the molecule is CN=C(NCCCn1cccn1)NCCN1CCc2ccccc2C1. The minimum absolute atomic E-state index is 0.873. The van der Waals surface area contributed by atoms with Crippen LogP contribution in [0, 0.1) is 0 Å². The Balaban J connectivity index is 1.32. The maximum absolute atomic E-state index is 4.29. The number of guanidine groups is 1. The molecule has 0 atom stereocenters. The van der Waals surface area contributed by atoms with Gasteiger partial charge in [-0.15, -0.1) is 0 Å². The van der Waals surface area contributed by atoms with Crippen LogP contribution in [0.5, 0.6) is 0 Å². The predicted molar refractivity (Wildman–Crippen MR) is 102 cm³/mol. The van der Waals surface area contributed by atoms with Crippen molar-refractivity contribution in [3.05, 3.63) is 53.9 Å². The Morgan fingerprint density at radius 3 is 2.76 bits per heavy atom. The van der Waals surface area contributed by atoms with Crippen LogP contribution in [0.25, 0.3) is 0 Å². The van der Waals surface area contributed by atoms with E-state index in [1.807, 2.05) is 30.2 Å². The highest BCUT2D eigenvalue weighted by molar-refractivity contribution is 5.79. The number of benzene rings is 1. The molecule has 1 aromatic carbocycles. The van der Waals surface area contributed by atoms with E-state index in [-0.39, 0.29) is 0 Å². The fraction of sp³-hybridized carbons (Fsp3) is 0.474. The van der Waals surface area contributed by atoms with Gasteiger partial charge in [-0.05, 0) is 30.0 Å². The van der Waals surface area contributed by atoms with Crippen molar-refractivity contribution in [3.8, 4) is 0 Å². The molecule has 0 amide bonds. The Morgan fingerprint density at radius 2 is 1.96 bits per heavy atom. The van der Waals surface area contributed by atoms with Crippen molar-refractivity contribution in [2.75, 3.05) is 33.2 Å². The predicted octanol–water partition coefficient (Wildman–Crippen LogP) is 1.50. The van der Waals surface area contributed by atoms with Gasteiger partial charge in [0.15, 0.2) is 5.96 Å². The van der Waals surface area contributed by atoms with Gasteiger partial charge in [0.1, 0.15) is 0 Å². The third-order valence-corrected chi connectivity index (χ3v) is 4.57. The van der Waals surface area contributed by atoms with Crippen LogP contribution in [0.3, 0.4) is 0 Å². The Hall–Kier alpha value is -2.34. The summed E-state index contributed by atoms with van der Waals surface area (Å²) >= 11 is 0. The molecule has 0 saturated carbocycles. The number of aliphatic imine (C=N–C) groups is 1. The molecule has 6 nitrogen and oxygen atoms in total. The average Bonchev–Trinajstić information content (AvgIpc) is 3.17. The molecule has 6 heteroatoms. The van der Waals surface area contributed by atoms with Gasteiger partial charge in [-0.3, -0.25) is 14.6 Å². The van der Waals surface area contributed by atoms with Crippen LogP contribution < -0.4 is 10.6 Å². The average molecular weight is 340 g/mol. The minimum atomic E-state index is 0.873. The van der Waals surface area contributed by atoms with E-state index >= 15 is 0 Å². The second-order valence-electron chi connectivity index (χ2n) is 6.34. The van der Waals surface area contributed by atoms with Gasteiger partial charge < -0.3 is 10.6 Å². The highest BCUT2D eigenvalue weighted by Gasteiger charge is 2.14. The zero-order chi connectivity index (χ0) is 17.3. The van der Waals surface area contributed by atoms with Gasteiger partial charge in [0, 0.05) is 58.7 Å². The summed E-state index contributed by atoms with van der Waals surface area (Å²) in [5.74, 6) is 0.873. The highest BCUT2D eigenvalue weighted by atomic mass is 15.3. The van der Waals surface area contributed by atoms with Crippen molar-refractivity contribution >= 4 is 5.96 Å². The molecule has 25 heavy (non-hydrogen) atoms. The van der Waals surface area contributed by atoms with Crippen LogP contribution in [0.2, 0.25) is 0 Å². The Bertz CT molecular complexity index is 664. The van der Waals surface area contributed by atoms with Crippen molar-refractivity contribution in [1.29, 1.82) is 0 Å². The molecule has 3 rings (SSSR count). The van der Waals surface area contributed by atoms with Crippen LogP contribution >= 0.6 is 0 Å². The third kappa shape index (κ3) is 5.32. The molecule has 0 aliphatic carbocycles. The van der Waals surface area contributed by atoms with Gasteiger partial charge in [-0.1, -0.05) is 24.3 Å². The van der Waals surface area contributed by atoms with E-state index < -0.39 is 0 Å². The molecule has 1 aliphatic rings. The Kier molecular flexibility index (Phi) is 6.45. The van der Waals surface area contributed by atoms with E-state index in [0.717, 1.165) is 58.1 Å². The first-order valence-corrected chi connectivity index (χ1v) is 9.06. The fourth-order valence-electron chi connectivity index (χ4n) is 3.18. The number of nitrogens with zero attached hydrogens (tertiary/aromatic N) is 4. The summed E-state index contributed by atoms with van der Waals surface area (Å²) in [6.07, 6.45) is 5.97. The van der Waals surface area contributed by atoms with Crippen molar-refractivity contribution in [2.45, 2.75) is 25.9 Å². The molecule has 0 unspecified atom stereocenters. The van der Waals surface area contributed by atoms with Crippen molar-refractivity contribution < 1.29 is 0 Å². The van der Waals surface area contributed by atoms with Gasteiger partial charge in [0.2, 0.25) is 0 Å². The summed E-state index contributed by atoms with van der Waals surface area (Å²) in [4.78, 5) is 6.80. The monoisotopic (exact) mass is 340 g/mol. The fourth-order valence-corrected chi connectivity index (χ4v) is 3.18. The lowest BCUT2D eigenvalue weighted by Gasteiger charge is -2.28. The number of rotatable bonds is 7. The third-order valence-electron chi connectivity index (χ3n) is 4.57. The lowest BCUT2D eigenvalue weighted by Crippen LogP contribution is -2.43. The molecule has 0 radical (unpaired) electrons. The summed E-state index contributed by atoms with van der Waals surface area (Å²) in [5.41, 5.74) is 2.97. The topological polar surface area (TPSA) is 57.5 Å². The second kappa shape index (κ2) is 9.22. The molecule has 1 aliphatic heterocycles. The number of fused-ring (bicyclic) bond motifs is 1. The first-order valence-electron chi connectivity index (χ1n) is 9.06. The number of nitrogens with one attached hydrogen (secondary N) is 2. The molecule has 1 aromatic heterocycles. The van der Waals surface area contributed by atoms with E-state index in [9.17, 15) is 0 Å². The summed E-state index contributed by atoms with van der Waals surface area (Å²) in [5, 5.41) is 11.0. The van der Waals surface area contributed by atoms with E-state index in [1.54, 1.807) is 0 Å². The van der Waals surface area contributed by atoms with E-state index in [1.165, 1.54) is 11.1 Å². The zero-order valence-corrected chi connectivity index (χ0v) is 15.0. The van der Waals surface area contributed by atoms with E-state index in [4.69, 9.17) is 0 Å². The van der Waals surface area contributed by atoms with Gasteiger partial charge in [-0.2, -0.15) is 5.10 Å². The van der Waals surface area contributed by atoms with Gasteiger partial charge >= 0.3 is 0 Å². The van der Waals surface area contributed by atoms with Crippen LogP contribution in [0.1, 0.15) is 17.5 Å². The number of aromatic nitrogens is 2.